The summed E-state index contributed by atoms with van der Waals surface area (Å²) in [5, 5.41) is 9.82. The molecule has 0 radical (unpaired) electrons. The van der Waals surface area contributed by atoms with Crippen LogP contribution in [-0.2, 0) is 0 Å². The van der Waals surface area contributed by atoms with Gasteiger partial charge in [0.25, 0.3) is 0 Å². The third-order valence-corrected chi connectivity index (χ3v) is 2.87. The van der Waals surface area contributed by atoms with Crippen LogP contribution >= 0.6 is 0 Å². The van der Waals surface area contributed by atoms with Crippen LogP contribution in [-0.4, -0.2) is 13.2 Å². The topological polar surface area (TPSA) is 20.2 Å². The average molecular weight is 218 g/mol. The molecule has 0 heterocycles. The van der Waals surface area contributed by atoms with E-state index in [1.165, 1.54) is 5.56 Å². The van der Waals surface area contributed by atoms with E-state index in [9.17, 15) is 5.11 Å². The molecule has 15 heavy (non-hydrogen) atoms. The van der Waals surface area contributed by atoms with Crippen molar-refractivity contribution in [2.45, 2.75) is 32.7 Å². The van der Waals surface area contributed by atoms with E-state index < -0.39 is 14.2 Å². The van der Waals surface area contributed by atoms with Crippen LogP contribution < -0.4 is 0 Å². The number of rotatable bonds is 1. The van der Waals surface area contributed by atoms with Crippen LogP contribution in [0.25, 0.3) is 0 Å². The van der Waals surface area contributed by atoms with E-state index in [2.05, 4.69) is 31.1 Å². The SMILES string of the molecule is Cc1ccc([C@@H](O)C#C[Si](C)(C)C)cc1. The van der Waals surface area contributed by atoms with Crippen LogP contribution in [0.1, 0.15) is 17.2 Å². The van der Waals surface area contributed by atoms with Crippen molar-refractivity contribution in [1.82, 2.24) is 0 Å². The molecule has 2 heteroatoms. The quantitative estimate of drug-likeness (QED) is 0.567. The molecule has 0 saturated heterocycles. The van der Waals surface area contributed by atoms with Crippen LogP contribution in [0.3, 0.4) is 0 Å². The van der Waals surface area contributed by atoms with Crippen molar-refractivity contribution in [2.24, 2.45) is 0 Å². The van der Waals surface area contributed by atoms with E-state index in [4.69, 9.17) is 0 Å². The van der Waals surface area contributed by atoms with Crippen LogP contribution in [0, 0.1) is 18.4 Å². The first-order chi connectivity index (χ1) is 6.88. The number of hydrogen-bond acceptors (Lipinski definition) is 1. The highest BCUT2D eigenvalue weighted by atomic mass is 28.3. The van der Waals surface area contributed by atoms with Gasteiger partial charge in [0.2, 0.25) is 0 Å². The Bertz CT molecular complexity index is 376. The predicted octanol–water partition coefficient (Wildman–Crippen LogP) is 2.91. The fourth-order valence-corrected chi connectivity index (χ4v) is 1.69. The Kier molecular flexibility index (Phi) is 3.73. The Morgan fingerprint density at radius 2 is 1.67 bits per heavy atom. The summed E-state index contributed by atoms with van der Waals surface area (Å²) in [4.78, 5) is 0. The molecule has 1 atom stereocenters. The summed E-state index contributed by atoms with van der Waals surface area (Å²) in [6.07, 6.45) is -0.641. The van der Waals surface area contributed by atoms with E-state index in [1.807, 2.05) is 31.2 Å². The van der Waals surface area contributed by atoms with Gasteiger partial charge in [0, 0.05) is 0 Å². The van der Waals surface area contributed by atoms with E-state index in [0.717, 1.165) is 5.56 Å². The largest absolute Gasteiger partial charge is 0.376 e. The third kappa shape index (κ3) is 4.33. The van der Waals surface area contributed by atoms with E-state index in [1.54, 1.807) is 0 Å². The van der Waals surface area contributed by atoms with Crippen LogP contribution in [0.15, 0.2) is 24.3 Å². The smallest absolute Gasteiger partial charge is 0.139 e. The maximum atomic E-state index is 9.82. The molecule has 1 N–H and O–H groups in total. The number of aliphatic hydroxyl groups is 1. The maximum Gasteiger partial charge on any atom is 0.139 e. The number of aliphatic hydroxyl groups excluding tert-OH is 1. The van der Waals surface area contributed by atoms with Gasteiger partial charge in [-0.2, -0.15) is 0 Å². The molecule has 0 amide bonds. The second-order valence-electron chi connectivity index (χ2n) is 4.83. The molecule has 0 aliphatic rings. The lowest BCUT2D eigenvalue weighted by Gasteiger charge is -2.07. The van der Waals surface area contributed by atoms with Crippen molar-refractivity contribution in [3.05, 3.63) is 35.4 Å². The molecule has 1 aromatic carbocycles. The minimum Gasteiger partial charge on any atom is -0.376 e. The monoisotopic (exact) mass is 218 g/mol. The second kappa shape index (κ2) is 4.65. The summed E-state index contributed by atoms with van der Waals surface area (Å²) in [7, 11) is -1.38. The molecular weight excluding hydrogens is 200 g/mol. The summed E-state index contributed by atoms with van der Waals surface area (Å²) < 4.78 is 0. The van der Waals surface area contributed by atoms with Crippen molar-refractivity contribution in [3.8, 4) is 11.5 Å². The van der Waals surface area contributed by atoms with Crippen LogP contribution in [0.2, 0.25) is 19.6 Å². The molecule has 0 spiro atoms. The van der Waals surface area contributed by atoms with Crippen molar-refractivity contribution in [1.29, 1.82) is 0 Å². The first-order valence-corrected chi connectivity index (χ1v) is 8.66. The van der Waals surface area contributed by atoms with Crippen LogP contribution in [0.4, 0.5) is 0 Å². The highest BCUT2D eigenvalue weighted by Gasteiger charge is 2.09. The molecule has 0 unspecified atom stereocenters. The van der Waals surface area contributed by atoms with Gasteiger partial charge in [-0.15, -0.1) is 5.54 Å². The molecule has 1 nitrogen and oxygen atoms in total. The standard InChI is InChI=1S/C13H18OSi/c1-11-5-7-12(8-6-11)13(14)9-10-15(2,3)4/h5-8,13-14H,1-4H3/t13-/m0/s1. The molecule has 0 saturated carbocycles. The zero-order chi connectivity index (χ0) is 11.5. The van der Waals surface area contributed by atoms with Gasteiger partial charge in [-0.05, 0) is 12.5 Å². The number of aryl methyl sites for hydroxylation is 1. The second-order valence-corrected chi connectivity index (χ2v) is 9.58. The summed E-state index contributed by atoms with van der Waals surface area (Å²) >= 11 is 0. The lowest BCUT2D eigenvalue weighted by molar-refractivity contribution is 0.238. The molecule has 1 rings (SSSR count). The van der Waals surface area contributed by atoms with Crippen molar-refractivity contribution in [3.63, 3.8) is 0 Å². The van der Waals surface area contributed by atoms with Crippen molar-refractivity contribution < 1.29 is 5.11 Å². The van der Waals surface area contributed by atoms with Crippen molar-refractivity contribution >= 4 is 8.07 Å². The Morgan fingerprint density at radius 3 is 2.13 bits per heavy atom. The maximum absolute atomic E-state index is 9.82. The first kappa shape index (κ1) is 12.0. The predicted molar refractivity (Wildman–Crippen MR) is 67.3 cm³/mol. The van der Waals surface area contributed by atoms with Crippen LogP contribution in [0.5, 0.6) is 0 Å². The molecule has 0 aliphatic heterocycles. The molecule has 0 aromatic heterocycles. The van der Waals surface area contributed by atoms with Gasteiger partial charge in [-0.25, -0.2) is 0 Å². The highest BCUT2D eigenvalue weighted by Crippen LogP contribution is 2.12. The highest BCUT2D eigenvalue weighted by molar-refractivity contribution is 6.83. The fraction of sp³-hybridized carbons (Fsp3) is 0.385. The molecule has 0 bridgehead atoms. The van der Waals surface area contributed by atoms with Gasteiger partial charge < -0.3 is 5.11 Å². The van der Waals surface area contributed by atoms with Gasteiger partial charge >= 0.3 is 0 Å². The van der Waals surface area contributed by atoms with Gasteiger partial charge in [0.15, 0.2) is 0 Å². The fourth-order valence-electron chi connectivity index (χ4n) is 1.12. The summed E-state index contributed by atoms with van der Waals surface area (Å²) in [6, 6.07) is 7.85. The van der Waals surface area contributed by atoms with E-state index in [-0.39, 0.29) is 0 Å². The Balaban J connectivity index is 2.80. The van der Waals surface area contributed by atoms with Gasteiger partial charge in [0.05, 0.1) is 0 Å². The third-order valence-electron chi connectivity index (χ3n) is 1.98. The summed E-state index contributed by atoms with van der Waals surface area (Å²) in [6.45, 7) is 8.54. The zero-order valence-corrected chi connectivity index (χ0v) is 10.8. The normalized spacial score (nSPS) is 12.9. The number of benzene rings is 1. The van der Waals surface area contributed by atoms with Gasteiger partial charge in [0.1, 0.15) is 14.2 Å². The lowest BCUT2D eigenvalue weighted by Crippen LogP contribution is -2.16. The molecule has 0 fully saturated rings. The Hall–Kier alpha value is -1.04. The minimum atomic E-state index is -1.38. The minimum absolute atomic E-state index is 0.641. The average Bonchev–Trinajstić information content (AvgIpc) is 2.14. The molecule has 0 aliphatic carbocycles. The summed E-state index contributed by atoms with van der Waals surface area (Å²) in [5.74, 6) is 2.93. The zero-order valence-electron chi connectivity index (χ0n) is 9.83. The van der Waals surface area contributed by atoms with E-state index >= 15 is 0 Å². The van der Waals surface area contributed by atoms with E-state index in [0.29, 0.717) is 0 Å². The Morgan fingerprint density at radius 1 is 1.13 bits per heavy atom. The molecule has 1 aromatic rings. The van der Waals surface area contributed by atoms with Gasteiger partial charge in [-0.1, -0.05) is 55.4 Å². The molecular formula is C13H18OSi. The molecule has 80 valence electrons. The summed E-state index contributed by atoms with van der Waals surface area (Å²) in [5.41, 5.74) is 5.25. The lowest BCUT2D eigenvalue weighted by atomic mass is 10.1. The Labute approximate surface area is 93.2 Å². The van der Waals surface area contributed by atoms with Gasteiger partial charge in [-0.3, -0.25) is 0 Å². The van der Waals surface area contributed by atoms with Crippen molar-refractivity contribution in [2.75, 3.05) is 0 Å². The first-order valence-electron chi connectivity index (χ1n) is 5.16. The number of hydrogen-bond donors (Lipinski definition) is 1.